The van der Waals surface area contributed by atoms with Crippen molar-refractivity contribution in [3.05, 3.63) is 12.2 Å². The van der Waals surface area contributed by atoms with Crippen LogP contribution in [0.4, 0.5) is 0 Å². The van der Waals surface area contributed by atoms with Gasteiger partial charge in [0.1, 0.15) is 0 Å². The molecule has 0 unspecified atom stereocenters. The molecule has 0 amide bonds. The Bertz CT molecular complexity index is 115. The standard InChI is InChI=1S/C10H21NO2/c1-3-4-5-6-11-7-8-13-10-9-12-2/h3-4,11H,5-10H2,1-2H3/b4-3+. The smallest absolute Gasteiger partial charge is 0.0700 e. The van der Waals surface area contributed by atoms with Crippen LogP contribution in [0.5, 0.6) is 0 Å². The monoisotopic (exact) mass is 187 g/mol. The highest BCUT2D eigenvalue weighted by atomic mass is 16.5. The largest absolute Gasteiger partial charge is 0.382 e. The molecule has 0 heterocycles. The van der Waals surface area contributed by atoms with E-state index in [1.54, 1.807) is 7.11 Å². The van der Waals surface area contributed by atoms with E-state index in [1.807, 2.05) is 6.92 Å². The zero-order chi connectivity index (χ0) is 9.78. The van der Waals surface area contributed by atoms with Crippen molar-refractivity contribution < 1.29 is 9.47 Å². The minimum atomic E-state index is 0.679. The molecule has 0 radical (unpaired) electrons. The Hall–Kier alpha value is -0.380. The highest BCUT2D eigenvalue weighted by Crippen LogP contribution is 1.79. The number of ether oxygens (including phenoxy) is 2. The van der Waals surface area contributed by atoms with Gasteiger partial charge >= 0.3 is 0 Å². The molecule has 0 atom stereocenters. The van der Waals surface area contributed by atoms with Gasteiger partial charge in [0.25, 0.3) is 0 Å². The van der Waals surface area contributed by atoms with E-state index in [-0.39, 0.29) is 0 Å². The van der Waals surface area contributed by atoms with Crippen molar-refractivity contribution in [2.45, 2.75) is 13.3 Å². The van der Waals surface area contributed by atoms with E-state index in [2.05, 4.69) is 17.5 Å². The molecule has 0 aromatic rings. The lowest BCUT2D eigenvalue weighted by molar-refractivity contribution is 0.0721. The maximum absolute atomic E-state index is 5.28. The summed E-state index contributed by atoms with van der Waals surface area (Å²) in [5, 5.41) is 3.28. The third-order valence-electron chi connectivity index (χ3n) is 1.58. The van der Waals surface area contributed by atoms with Crippen LogP contribution in [0.25, 0.3) is 0 Å². The van der Waals surface area contributed by atoms with Crippen LogP contribution < -0.4 is 5.32 Å². The second-order valence-electron chi connectivity index (χ2n) is 2.71. The molecule has 0 fully saturated rings. The van der Waals surface area contributed by atoms with Crippen LogP contribution in [0.3, 0.4) is 0 Å². The molecular formula is C10H21NO2. The molecule has 0 aromatic carbocycles. The molecule has 0 bridgehead atoms. The second kappa shape index (κ2) is 11.6. The number of hydrogen-bond donors (Lipinski definition) is 1. The number of methoxy groups -OCH3 is 1. The average Bonchev–Trinajstić information content (AvgIpc) is 2.16. The highest BCUT2D eigenvalue weighted by molar-refractivity contribution is 4.77. The molecule has 0 rings (SSSR count). The summed E-state index contributed by atoms with van der Waals surface area (Å²) in [5.74, 6) is 0. The Morgan fingerprint density at radius 3 is 2.69 bits per heavy atom. The van der Waals surface area contributed by atoms with Gasteiger partial charge in [-0.3, -0.25) is 0 Å². The predicted molar refractivity (Wildman–Crippen MR) is 55.0 cm³/mol. The lowest BCUT2D eigenvalue weighted by atomic mass is 10.4. The maximum Gasteiger partial charge on any atom is 0.0700 e. The van der Waals surface area contributed by atoms with Gasteiger partial charge in [-0.25, -0.2) is 0 Å². The molecule has 3 heteroatoms. The predicted octanol–water partition coefficient (Wildman–Crippen LogP) is 1.21. The topological polar surface area (TPSA) is 30.5 Å². The third-order valence-corrected chi connectivity index (χ3v) is 1.58. The Morgan fingerprint density at radius 1 is 1.15 bits per heavy atom. The van der Waals surface area contributed by atoms with Crippen molar-refractivity contribution in [3.8, 4) is 0 Å². The van der Waals surface area contributed by atoms with Crippen molar-refractivity contribution in [1.82, 2.24) is 5.32 Å². The first-order chi connectivity index (χ1) is 6.41. The van der Waals surface area contributed by atoms with E-state index in [9.17, 15) is 0 Å². The molecule has 0 spiro atoms. The first kappa shape index (κ1) is 12.6. The first-order valence-electron chi connectivity index (χ1n) is 4.80. The Kier molecular flexibility index (Phi) is 11.3. The van der Waals surface area contributed by atoms with Crippen molar-refractivity contribution in [2.24, 2.45) is 0 Å². The van der Waals surface area contributed by atoms with Crippen LogP contribution in [-0.4, -0.2) is 40.0 Å². The molecule has 0 aliphatic heterocycles. The first-order valence-corrected chi connectivity index (χ1v) is 4.80. The fourth-order valence-corrected chi connectivity index (χ4v) is 0.866. The molecule has 3 nitrogen and oxygen atoms in total. The average molecular weight is 187 g/mol. The highest BCUT2D eigenvalue weighted by Gasteiger charge is 1.87. The van der Waals surface area contributed by atoms with Crippen LogP contribution >= 0.6 is 0 Å². The fourth-order valence-electron chi connectivity index (χ4n) is 0.866. The van der Waals surface area contributed by atoms with Gasteiger partial charge in [-0.15, -0.1) is 0 Å². The third kappa shape index (κ3) is 11.6. The normalized spacial score (nSPS) is 11.2. The van der Waals surface area contributed by atoms with Gasteiger partial charge in [0, 0.05) is 13.7 Å². The second-order valence-corrected chi connectivity index (χ2v) is 2.71. The van der Waals surface area contributed by atoms with Gasteiger partial charge < -0.3 is 14.8 Å². The van der Waals surface area contributed by atoms with E-state index in [0.717, 1.165) is 26.1 Å². The summed E-state index contributed by atoms with van der Waals surface area (Å²) in [6.07, 6.45) is 5.31. The summed E-state index contributed by atoms with van der Waals surface area (Å²) >= 11 is 0. The van der Waals surface area contributed by atoms with Crippen molar-refractivity contribution in [3.63, 3.8) is 0 Å². The summed E-state index contributed by atoms with van der Waals surface area (Å²) in [5.41, 5.74) is 0. The molecule has 78 valence electrons. The molecule has 13 heavy (non-hydrogen) atoms. The van der Waals surface area contributed by atoms with E-state index < -0.39 is 0 Å². The Morgan fingerprint density at radius 2 is 2.00 bits per heavy atom. The zero-order valence-electron chi connectivity index (χ0n) is 8.71. The summed E-state index contributed by atoms with van der Waals surface area (Å²) in [6, 6.07) is 0. The van der Waals surface area contributed by atoms with Gasteiger partial charge in [0.05, 0.1) is 19.8 Å². The molecule has 0 saturated carbocycles. The number of allylic oxidation sites excluding steroid dienone is 1. The van der Waals surface area contributed by atoms with Crippen LogP contribution in [0.15, 0.2) is 12.2 Å². The minimum absolute atomic E-state index is 0.679. The molecule has 0 saturated heterocycles. The fraction of sp³-hybridized carbons (Fsp3) is 0.800. The lowest BCUT2D eigenvalue weighted by Gasteiger charge is -2.04. The minimum Gasteiger partial charge on any atom is -0.382 e. The molecule has 1 N–H and O–H groups in total. The Balaban J connectivity index is 2.83. The molecule has 0 aliphatic carbocycles. The summed E-state index contributed by atoms with van der Waals surface area (Å²) in [4.78, 5) is 0. The van der Waals surface area contributed by atoms with E-state index in [4.69, 9.17) is 9.47 Å². The molecular weight excluding hydrogens is 166 g/mol. The van der Waals surface area contributed by atoms with Gasteiger partial charge in [-0.05, 0) is 19.9 Å². The summed E-state index contributed by atoms with van der Waals surface area (Å²) < 4.78 is 10.1. The van der Waals surface area contributed by atoms with Crippen molar-refractivity contribution in [1.29, 1.82) is 0 Å². The van der Waals surface area contributed by atoms with Gasteiger partial charge in [0.2, 0.25) is 0 Å². The van der Waals surface area contributed by atoms with Crippen LogP contribution in [0.2, 0.25) is 0 Å². The number of rotatable bonds is 9. The molecule has 0 aromatic heterocycles. The summed E-state index contributed by atoms with van der Waals surface area (Å²) in [6.45, 7) is 6.11. The SMILES string of the molecule is C/C=C/CCNCCOCCOC. The van der Waals surface area contributed by atoms with Crippen LogP contribution in [0.1, 0.15) is 13.3 Å². The number of nitrogens with one attached hydrogen (secondary N) is 1. The van der Waals surface area contributed by atoms with E-state index in [0.29, 0.717) is 13.2 Å². The zero-order valence-corrected chi connectivity index (χ0v) is 8.71. The van der Waals surface area contributed by atoms with E-state index >= 15 is 0 Å². The maximum atomic E-state index is 5.28. The van der Waals surface area contributed by atoms with Gasteiger partial charge in [-0.2, -0.15) is 0 Å². The lowest BCUT2D eigenvalue weighted by Crippen LogP contribution is -2.21. The van der Waals surface area contributed by atoms with Crippen molar-refractivity contribution in [2.75, 3.05) is 40.0 Å². The van der Waals surface area contributed by atoms with Gasteiger partial charge in [0.15, 0.2) is 0 Å². The van der Waals surface area contributed by atoms with E-state index in [1.165, 1.54) is 0 Å². The summed E-state index contributed by atoms with van der Waals surface area (Å²) in [7, 11) is 1.68. The van der Waals surface area contributed by atoms with Crippen molar-refractivity contribution >= 4 is 0 Å². The molecule has 0 aliphatic rings. The Labute approximate surface area is 81.1 Å². The van der Waals surface area contributed by atoms with Crippen LogP contribution in [-0.2, 0) is 9.47 Å². The van der Waals surface area contributed by atoms with Gasteiger partial charge in [-0.1, -0.05) is 12.2 Å². The quantitative estimate of drug-likeness (QED) is 0.434. The number of hydrogen-bond acceptors (Lipinski definition) is 3. The van der Waals surface area contributed by atoms with Crippen LogP contribution in [0, 0.1) is 0 Å².